The standard InChI is InChI=1S/C20H23BrN2O4/c21-13-7-12-18(19(24)23-27-15-17-10-5-2-6-11-17)22-20(25)26-14-16-8-3-1-4-9-16/h1-6,8-11,18H,7,12-15H2,(H,22,25)(H,23,24)/t18-/m1/s1. The van der Waals surface area contributed by atoms with Gasteiger partial charge in [0.15, 0.2) is 0 Å². The third-order valence-corrected chi connectivity index (χ3v) is 4.26. The van der Waals surface area contributed by atoms with Crippen molar-refractivity contribution in [2.75, 3.05) is 5.33 Å². The molecule has 0 aliphatic heterocycles. The molecule has 2 aromatic rings. The lowest BCUT2D eigenvalue weighted by Gasteiger charge is -2.18. The van der Waals surface area contributed by atoms with Gasteiger partial charge in [-0.15, -0.1) is 0 Å². The van der Waals surface area contributed by atoms with E-state index >= 15 is 0 Å². The summed E-state index contributed by atoms with van der Waals surface area (Å²) in [5.74, 6) is -0.413. The number of benzene rings is 2. The van der Waals surface area contributed by atoms with E-state index in [1.54, 1.807) is 0 Å². The summed E-state index contributed by atoms with van der Waals surface area (Å²) in [4.78, 5) is 29.6. The highest BCUT2D eigenvalue weighted by Gasteiger charge is 2.21. The van der Waals surface area contributed by atoms with Crippen molar-refractivity contribution in [3.05, 3.63) is 71.8 Å². The quantitative estimate of drug-likeness (QED) is 0.441. The first kappa shape index (κ1) is 20.9. The number of carbonyl (C=O) groups is 2. The van der Waals surface area contributed by atoms with Gasteiger partial charge in [0.2, 0.25) is 0 Å². The van der Waals surface area contributed by atoms with Crippen molar-refractivity contribution in [2.24, 2.45) is 0 Å². The van der Waals surface area contributed by atoms with Crippen LogP contribution in [0.4, 0.5) is 4.79 Å². The fourth-order valence-corrected chi connectivity index (χ4v) is 2.62. The molecule has 6 nitrogen and oxygen atoms in total. The highest BCUT2D eigenvalue weighted by atomic mass is 79.9. The van der Waals surface area contributed by atoms with E-state index in [2.05, 4.69) is 26.7 Å². The highest BCUT2D eigenvalue weighted by Crippen LogP contribution is 2.05. The molecule has 27 heavy (non-hydrogen) atoms. The first-order valence-electron chi connectivity index (χ1n) is 8.68. The summed E-state index contributed by atoms with van der Waals surface area (Å²) in [6.07, 6.45) is 0.540. The fraction of sp³-hybridized carbons (Fsp3) is 0.300. The Balaban J connectivity index is 1.79. The van der Waals surface area contributed by atoms with Crippen molar-refractivity contribution in [3.8, 4) is 0 Å². The minimum Gasteiger partial charge on any atom is -0.445 e. The van der Waals surface area contributed by atoms with Crippen LogP contribution in [0.3, 0.4) is 0 Å². The molecule has 0 saturated heterocycles. The Kier molecular flexibility index (Phi) is 9.37. The number of carbonyl (C=O) groups excluding carboxylic acids is 2. The van der Waals surface area contributed by atoms with E-state index in [9.17, 15) is 9.59 Å². The summed E-state index contributed by atoms with van der Waals surface area (Å²) in [7, 11) is 0. The Morgan fingerprint density at radius 1 is 0.926 bits per heavy atom. The summed E-state index contributed by atoms with van der Waals surface area (Å²) in [5, 5.41) is 3.32. The van der Waals surface area contributed by atoms with Gasteiger partial charge in [-0.25, -0.2) is 10.3 Å². The van der Waals surface area contributed by atoms with Crippen LogP contribution in [0.15, 0.2) is 60.7 Å². The average Bonchev–Trinajstić information content (AvgIpc) is 2.71. The first-order chi connectivity index (χ1) is 13.2. The predicted octanol–water partition coefficient (Wildman–Crippen LogP) is 3.70. The predicted molar refractivity (Wildman–Crippen MR) is 106 cm³/mol. The van der Waals surface area contributed by atoms with E-state index in [1.807, 2.05) is 60.7 Å². The summed E-state index contributed by atoms with van der Waals surface area (Å²) < 4.78 is 5.18. The Hall–Kier alpha value is -2.38. The van der Waals surface area contributed by atoms with E-state index in [1.165, 1.54) is 0 Å². The Morgan fingerprint density at radius 2 is 1.52 bits per heavy atom. The molecule has 0 fully saturated rings. The molecule has 0 aliphatic rings. The van der Waals surface area contributed by atoms with Gasteiger partial charge in [0.25, 0.3) is 5.91 Å². The normalized spacial score (nSPS) is 11.4. The maximum atomic E-state index is 12.3. The third-order valence-electron chi connectivity index (χ3n) is 3.70. The van der Waals surface area contributed by atoms with Gasteiger partial charge in [-0.1, -0.05) is 76.6 Å². The second-order valence-electron chi connectivity index (χ2n) is 5.83. The molecule has 0 spiro atoms. The van der Waals surface area contributed by atoms with Crippen LogP contribution in [0.2, 0.25) is 0 Å². The second kappa shape index (κ2) is 12.1. The number of nitrogens with one attached hydrogen (secondary N) is 2. The summed E-state index contributed by atoms with van der Waals surface area (Å²) in [6.45, 7) is 0.389. The molecule has 0 aromatic heterocycles. The van der Waals surface area contributed by atoms with Gasteiger partial charge in [0.05, 0.1) is 6.61 Å². The minimum atomic E-state index is -0.735. The zero-order valence-corrected chi connectivity index (χ0v) is 16.5. The van der Waals surface area contributed by atoms with Crippen molar-refractivity contribution in [3.63, 3.8) is 0 Å². The van der Waals surface area contributed by atoms with Crippen LogP contribution in [0.25, 0.3) is 0 Å². The number of hydroxylamine groups is 1. The van der Waals surface area contributed by atoms with Crippen molar-refractivity contribution in [1.29, 1.82) is 0 Å². The topological polar surface area (TPSA) is 76.7 Å². The number of hydrogen-bond acceptors (Lipinski definition) is 4. The van der Waals surface area contributed by atoms with E-state index in [0.717, 1.165) is 22.9 Å². The van der Waals surface area contributed by atoms with Crippen LogP contribution >= 0.6 is 15.9 Å². The fourth-order valence-electron chi connectivity index (χ4n) is 2.29. The Morgan fingerprint density at radius 3 is 2.11 bits per heavy atom. The summed E-state index contributed by atoms with van der Waals surface area (Å²) in [6, 6.07) is 18.1. The van der Waals surface area contributed by atoms with E-state index in [-0.39, 0.29) is 13.2 Å². The lowest BCUT2D eigenvalue weighted by molar-refractivity contribution is -0.136. The number of alkyl carbamates (subject to hydrolysis) is 1. The molecule has 2 N–H and O–H groups in total. The number of halogens is 1. The molecule has 0 saturated carbocycles. The number of alkyl halides is 1. The monoisotopic (exact) mass is 434 g/mol. The molecule has 7 heteroatoms. The first-order valence-corrected chi connectivity index (χ1v) is 9.80. The lowest BCUT2D eigenvalue weighted by atomic mass is 10.1. The molecule has 0 bridgehead atoms. The van der Waals surface area contributed by atoms with E-state index in [0.29, 0.717) is 6.42 Å². The van der Waals surface area contributed by atoms with Crippen LogP contribution in [-0.2, 0) is 27.6 Å². The lowest BCUT2D eigenvalue weighted by Crippen LogP contribution is -2.46. The van der Waals surface area contributed by atoms with Crippen molar-refractivity contribution in [1.82, 2.24) is 10.8 Å². The van der Waals surface area contributed by atoms with E-state index in [4.69, 9.17) is 9.57 Å². The SMILES string of the molecule is O=C(N[C@H](CCCBr)C(=O)NOCc1ccccc1)OCc1ccccc1. The van der Waals surface area contributed by atoms with Gasteiger partial charge < -0.3 is 10.1 Å². The van der Waals surface area contributed by atoms with Gasteiger partial charge in [0.1, 0.15) is 12.6 Å². The number of amides is 2. The van der Waals surface area contributed by atoms with Crippen molar-refractivity contribution < 1.29 is 19.2 Å². The number of ether oxygens (including phenoxy) is 1. The molecule has 1 atom stereocenters. The van der Waals surface area contributed by atoms with Crippen LogP contribution < -0.4 is 10.8 Å². The van der Waals surface area contributed by atoms with Gasteiger partial charge in [-0.2, -0.15) is 0 Å². The number of hydrogen-bond donors (Lipinski definition) is 2. The Labute approximate surface area is 167 Å². The molecule has 2 rings (SSSR count). The average molecular weight is 435 g/mol. The van der Waals surface area contributed by atoms with E-state index < -0.39 is 18.0 Å². The van der Waals surface area contributed by atoms with Gasteiger partial charge in [-0.3, -0.25) is 9.63 Å². The molecule has 0 radical (unpaired) electrons. The third kappa shape index (κ3) is 8.23. The maximum absolute atomic E-state index is 12.3. The summed E-state index contributed by atoms with van der Waals surface area (Å²) >= 11 is 3.33. The molecular weight excluding hydrogens is 412 g/mol. The number of rotatable bonds is 10. The van der Waals surface area contributed by atoms with Gasteiger partial charge in [0, 0.05) is 5.33 Å². The molecule has 0 heterocycles. The molecule has 2 amide bonds. The minimum absolute atomic E-state index is 0.143. The second-order valence-corrected chi connectivity index (χ2v) is 6.62. The smallest absolute Gasteiger partial charge is 0.408 e. The Bertz CT molecular complexity index is 698. The molecule has 0 unspecified atom stereocenters. The van der Waals surface area contributed by atoms with Crippen LogP contribution in [0.1, 0.15) is 24.0 Å². The molecule has 2 aromatic carbocycles. The zero-order valence-electron chi connectivity index (χ0n) is 14.9. The maximum Gasteiger partial charge on any atom is 0.408 e. The highest BCUT2D eigenvalue weighted by molar-refractivity contribution is 9.09. The zero-order chi connectivity index (χ0) is 19.3. The van der Waals surface area contributed by atoms with Crippen LogP contribution in [-0.4, -0.2) is 23.4 Å². The van der Waals surface area contributed by atoms with Gasteiger partial charge >= 0.3 is 6.09 Å². The van der Waals surface area contributed by atoms with Crippen LogP contribution in [0.5, 0.6) is 0 Å². The van der Waals surface area contributed by atoms with Crippen molar-refractivity contribution >= 4 is 27.9 Å². The van der Waals surface area contributed by atoms with Crippen molar-refractivity contribution in [2.45, 2.75) is 32.1 Å². The molecule has 0 aliphatic carbocycles. The largest absolute Gasteiger partial charge is 0.445 e. The molecule has 144 valence electrons. The van der Waals surface area contributed by atoms with Crippen LogP contribution in [0, 0.1) is 0 Å². The summed E-state index contributed by atoms with van der Waals surface area (Å²) in [5.41, 5.74) is 4.21. The van der Waals surface area contributed by atoms with Gasteiger partial charge in [-0.05, 0) is 24.0 Å². The molecular formula is C20H23BrN2O4.